The van der Waals surface area contributed by atoms with Crippen LogP contribution in [0.2, 0.25) is 0 Å². The Hall–Kier alpha value is -1.04. The predicted octanol–water partition coefficient (Wildman–Crippen LogP) is 1.87. The van der Waals surface area contributed by atoms with Gasteiger partial charge in [-0.1, -0.05) is 18.2 Å². The van der Waals surface area contributed by atoms with Gasteiger partial charge in [-0.3, -0.25) is 0 Å². The summed E-state index contributed by atoms with van der Waals surface area (Å²) in [5, 5.41) is 10.4. The first-order valence-corrected chi connectivity index (χ1v) is 3.83. The number of phenolic OH excluding ortho intramolecular Hbond substituents is 1. The minimum absolute atomic E-state index is 0. The minimum atomic E-state index is 0. The molecule has 0 aliphatic heterocycles. The van der Waals surface area contributed by atoms with Crippen molar-refractivity contribution in [3.05, 3.63) is 36.0 Å². The van der Waals surface area contributed by atoms with Gasteiger partial charge in [-0.15, -0.1) is 0 Å². The summed E-state index contributed by atoms with van der Waals surface area (Å²) in [6, 6.07) is 9.28. The lowest BCUT2D eigenvalue weighted by molar-refractivity contribution is 0.480. The SMILES string of the molecule is Cc1ccc2cccc(O)c2n1.[Al]. The molecule has 0 spiro atoms. The van der Waals surface area contributed by atoms with Gasteiger partial charge in [-0.25, -0.2) is 4.98 Å². The summed E-state index contributed by atoms with van der Waals surface area (Å²) in [5.74, 6) is 0.246. The standard InChI is InChI=1S/C10H9NO.Al/c1-7-5-6-8-3-2-4-9(12)10(8)11-7;/h2-6,12H,1H3;. The Morgan fingerprint density at radius 3 is 2.69 bits per heavy atom. The molecule has 0 unspecified atom stereocenters. The molecule has 13 heavy (non-hydrogen) atoms. The average Bonchev–Trinajstić information content (AvgIpc) is 2.07. The van der Waals surface area contributed by atoms with E-state index in [-0.39, 0.29) is 23.1 Å². The topological polar surface area (TPSA) is 33.1 Å². The first-order valence-electron chi connectivity index (χ1n) is 3.83. The molecular formula is C10H9AlNO. The monoisotopic (exact) mass is 186 g/mol. The summed E-state index contributed by atoms with van der Waals surface area (Å²) in [6.45, 7) is 1.91. The van der Waals surface area contributed by atoms with Crippen LogP contribution in [0.1, 0.15) is 5.69 Å². The molecule has 1 N–H and O–H groups in total. The zero-order chi connectivity index (χ0) is 8.55. The molecule has 3 heteroatoms. The maximum atomic E-state index is 9.43. The number of fused-ring (bicyclic) bond motifs is 1. The number of para-hydroxylation sites is 1. The largest absolute Gasteiger partial charge is 0.506 e. The van der Waals surface area contributed by atoms with E-state index in [1.807, 2.05) is 31.2 Å². The number of aromatic hydroxyl groups is 1. The number of nitrogens with zero attached hydrogens (tertiary/aromatic N) is 1. The summed E-state index contributed by atoms with van der Waals surface area (Å²) < 4.78 is 0. The third-order valence-electron chi connectivity index (χ3n) is 1.84. The van der Waals surface area contributed by atoms with E-state index in [0.717, 1.165) is 11.1 Å². The van der Waals surface area contributed by atoms with Crippen LogP contribution in [0.25, 0.3) is 10.9 Å². The lowest BCUT2D eigenvalue weighted by Crippen LogP contribution is -1.82. The maximum Gasteiger partial charge on any atom is 0.141 e. The van der Waals surface area contributed by atoms with Crippen molar-refractivity contribution >= 4 is 28.3 Å². The van der Waals surface area contributed by atoms with E-state index < -0.39 is 0 Å². The second-order valence-corrected chi connectivity index (χ2v) is 2.80. The Kier molecular flexibility index (Phi) is 2.92. The van der Waals surface area contributed by atoms with Crippen LogP contribution >= 0.6 is 0 Å². The van der Waals surface area contributed by atoms with Crippen molar-refractivity contribution in [2.45, 2.75) is 6.92 Å². The van der Waals surface area contributed by atoms with E-state index in [2.05, 4.69) is 4.98 Å². The third-order valence-corrected chi connectivity index (χ3v) is 1.84. The van der Waals surface area contributed by atoms with Crippen LogP contribution in [0.5, 0.6) is 5.75 Å². The highest BCUT2D eigenvalue weighted by molar-refractivity contribution is 5.84. The van der Waals surface area contributed by atoms with Crippen molar-refractivity contribution in [2.24, 2.45) is 0 Å². The molecular weight excluding hydrogens is 177 g/mol. The Bertz CT molecular complexity index is 428. The third kappa shape index (κ3) is 1.83. The molecule has 0 bridgehead atoms. The molecule has 0 atom stereocenters. The summed E-state index contributed by atoms with van der Waals surface area (Å²) in [6.07, 6.45) is 0. The smallest absolute Gasteiger partial charge is 0.141 e. The van der Waals surface area contributed by atoms with Crippen LogP contribution in [-0.2, 0) is 0 Å². The Labute approximate surface area is 87.4 Å². The van der Waals surface area contributed by atoms with Crippen LogP contribution in [0.15, 0.2) is 30.3 Å². The van der Waals surface area contributed by atoms with Gasteiger partial charge >= 0.3 is 0 Å². The predicted molar refractivity (Wildman–Crippen MR) is 53.9 cm³/mol. The fraction of sp³-hybridized carbons (Fsp3) is 0.100. The van der Waals surface area contributed by atoms with E-state index in [4.69, 9.17) is 0 Å². The number of rotatable bonds is 0. The maximum absolute atomic E-state index is 9.43. The van der Waals surface area contributed by atoms with Gasteiger partial charge < -0.3 is 5.11 Å². The van der Waals surface area contributed by atoms with Crippen LogP contribution < -0.4 is 0 Å². The van der Waals surface area contributed by atoms with Gasteiger partial charge in [0.05, 0.1) is 0 Å². The van der Waals surface area contributed by atoms with Crippen molar-refractivity contribution < 1.29 is 5.11 Å². The highest BCUT2D eigenvalue weighted by Crippen LogP contribution is 2.21. The van der Waals surface area contributed by atoms with Crippen molar-refractivity contribution in [1.29, 1.82) is 0 Å². The van der Waals surface area contributed by atoms with Crippen molar-refractivity contribution in [2.75, 3.05) is 0 Å². The van der Waals surface area contributed by atoms with Gasteiger partial charge in [-0.2, -0.15) is 0 Å². The van der Waals surface area contributed by atoms with Gasteiger partial charge in [0.2, 0.25) is 0 Å². The molecule has 3 radical (unpaired) electrons. The fourth-order valence-electron chi connectivity index (χ4n) is 1.23. The average molecular weight is 186 g/mol. The molecule has 63 valence electrons. The molecule has 2 aromatic rings. The minimum Gasteiger partial charge on any atom is -0.506 e. The summed E-state index contributed by atoms with van der Waals surface area (Å²) in [4.78, 5) is 4.23. The molecule has 0 fully saturated rings. The number of benzene rings is 1. The molecule has 0 saturated carbocycles. The molecule has 1 aromatic heterocycles. The molecule has 1 aromatic carbocycles. The zero-order valence-corrected chi connectivity index (χ0v) is 8.51. The Morgan fingerprint density at radius 2 is 1.92 bits per heavy atom. The lowest BCUT2D eigenvalue weighted by atomic mass is 10.2. The highest BCUT2D eigenvalue weighted by atomic mass is 27.0. The second kappa shape index (κ2) is 3.78. The molecule has 0 aliphatic carbocycles. The van der Waals surface area contributed by atoms with Crippen molar-refractivity contribution in [3.63, 3.8) is 0 Å². The Morgan fingerprint density at radius 1 is 1.15 bits per heavy atom. The molecule has 2 nitrogen and oxygen atoms in total. The number of pyridine rings is 1. The number of hydrogen-bond donors (Lipinski definition) is 1. The van der Waals surface area contributed by atoms with Gasteiger partial charge in [0.1, 0.15) is 11.3 Å². The molecule has 2 rings (SSSR count). The van der Waals surface area contributed by atoms with Crippen molar-refractivity contribution in [1.82, 2.24) is 4.98 Å². The molecule has 0 amide bonds. The quantitative estimate of drug-likeness (QED) is 0.637. The van der Waals surface area contributed by atoms with E-state index in [1.165, 1.54) is 0 Å². The number of aromatic nitrogens is 1. The summed E-state index contributed by atoms with van der Waals surface area (Å²) in [5.41, 5.74) is 1.60. The normalized spacial score (nSPS) is 9.62. The molecule has 1 heterocycles. The van der Waals surface area contributed by atoms with Gasteiger partial charge in [0.25, 0.3) is 0 Å². The van der Waals surface area contributed by atoms with E-state index in [9.17, 15) is 5.11 Å². The highest BCUT2D eigenvalue weighted by Gasteiger charge is 1.98. The zero-order valence-electron chi connectivity index (χ0n) is 7.36. The summed E-state index contributed by atoms with van der Waals surface area (Å²) >= 11 is 0. The van der Waals surface area contributed by atoms with E-state index in [0.29, 0.717) is 5.52 Å². The van der Waals surface area contributed by atoms with E-state index >= 15 is 0 Å². The second-order valence-electron chi connectivity index (χ2n) is 2.80. The van der Waals surface area contributed by atoms with Crippen LogP contribution in [0.3, 0.4) is 0 Å². The first-order chi connectivity index (χ1) is 5.77. The van der Waals surface area contributed by atoms with Gasteiger partial charge in [0, 0.05) is 28.4 Å². The lowest BCUT2D eigenvalue weighted by Gasteiger charge is -1.99. The van der Waals surface area contributed by atoms with Crippen LogP contribution in [0, 0.1) is 6.92 Å². The number of hydrogen-bond acceptors (Lipinski definition) is 2. The van der Waals surface area contributed by atoms with E-state index in [1.54, 1.807) is 6.07 Å². The van der Waals surface area contributed by atoms with Crippen molar-refractivity contribution in [3.8, 4) is 5.75 Å². The molecule has 0 saturated heterocycles. The van der Waals surface area contributed by atoms with Gasteiger partial charge in [0.15, 0.2) is 0 Å². The van der Waals surface area contributed by atoms with Crippen LogP contribution in [-0.4, -0.2) is 27.5 Å². The fourth-order valence-corrected chi connectivity index (χ4v) is 1.23. The number of phenols is 1. The summed E-state index contributed by atoms with van der Waals surface area (Å²) in [7, 11) is 0. The number of aryl methyl sites for hydroxylation is 1. The molecule has 0 aliphatic rings. The van der Waals surface area contributed by atoms with Crippen LogP contribution in [0.4, 0.5) is 0 Å². The Balaban J connectivity index is 0.000000845. The van der Waals surface area contributed by atoms with Gasteiger partial charge in [-0.05, 0) is 19.1 Å². The first kappa shape index (κ1) is 10.0.